The third kappa shape index (κ3) is 4.43. The van der Waals surface area contributed by atoms with Gasteiger partial charge in [-0.3, -0.25) is 4.79 Å². The van der Waals surface area contributed by atoms with Crippen molar-refractivity contribution in [1.82, 2.24) is 10.3 Å². The Hall–Kier alpha value is -1.07. The molecule has 1 aromatic heterocycles. The Morgan fingerprint density at radius 3 is 2.33 bits per heavy atom. The van der Waals surface area contributed by atoms with Gasteiger partial charge in [0.2, 0.25) is 0 Å². The van der Waals surface area contributed by atoms with Crippen molar-refractivity contribution in [2.24, 2.45) is 0 Å². The van der Waals surface area contributed by atoms with Crippen LogP contribution in [-0.2, 0) is 19.4 Å². The molecule has 2 fully saturated rings. The highest BCUT2D eigenvalue weighted by molar-refractivity contribution is 5.85. The largest absolute Gasteiger partial charge is 0.322 e. The van der Waals surface area contributed by atoms with Gasteiger partial charge in [-0.25, -0.2) is 0 Å². The smallest absolute Gasteiger partial charge is 0.251 e. The Morgan fingerprint density at radius 2 is 1.60 bits per heavy atom. The van der Waals surface area contributed by atoms with Crippen LogP contribution < -0.4 is 10.9 Å². The Balaban J connectivity index is 0.00000128. The number of aromatic amines is 1. The zero-order valence-electron chi connectivity index (χ0n) is 17.9. The number of pyridine rings is 1. The van der Waals surface area contributed by atoms with E-state index < -0.39 is 0 Å². The highest BCUT2D eigenvalue weighted by atomic mass is 35.5. The third-order valence-corrected chi connectivity index (χ3v) is 7.69. The second kappa shape index (κ2) is 10.0. The van der Waals surface area contributed by atoms with Crippen molar-refractivity contribution in [2.45, 2.75) is 70.4 Å². The molecule has 0 spiro atoms. The van der Waals surface area contributed by atoms with Crippen LogP contribution in [-0.4, -0.2) is 41.7 Å². The summed E-state index contributed by atoms with van der Waals surface area (Å²) in [6, 6.07) is 7.74. The molecule has 0 atom stereocenters. The van der Waals surface area contributed by atoms with Gasteiger partial charge in [0.1, 0.15) is 6.54 Å². The van der Waals surface area contributed by atoms with E-state index >= 15 is 0 Å². The average Bonchev–Trinajstić information content (AvgIpc) is 2.75. The number of H-pyrrole nitrogens is 1. The molecule has 1 aromatic carbocycles. The first kappa shape index (κ1) is 23.6. The number of aryl methyl sites for hydroxylation is 1. The standard InChI is InChI=1S/C24H33N3O.2ClH/c28-24-22-7-3-2-6-20(22)21-9-8-18(16-23(21)26-24)17-27(14-4-1-5-15-27)19-10-12-25-13-11-19;;/h8-9,16,19,25H,1-7,10-15,17H2;2*1H/p+1. The van der Waals surface area contributed by atoms with Crippen LogP contribution in [0.5, 0.6) is 0 Å². The molecular formula is C24H36Cl2N3O+. The number of nitrogens with zero attached hydrogens (tertiary/aromatic N) is 1. The fraction of sp³-hybridized carbons (Fsp3) is 0.625. The molecule has 0 radical (unpaired) electrons. The van der Waals surface area contributed by atoms with Crippen LogP contribution in [0.4, 0.5) is 0 Å². The number of nitrogens with one attached hydrogen (secondary N) is 2. The molecule has 0 unspecified atom stereocenters. The molecule has 0 bridgehead atoms. The van der Waals surface area contributed by atoms with Crippen molar-refractivity contribution in [3.8, 4) is 0 Å². The van der Waals surface area contributed by atoms with Gasteiger partial charge >= 0.3 is 0 Å². The highest BCUT2D eigenvalue weighted by Crippen LogP contribution is 2.32. The van der Waals surface area contributed by atoms with Crippen molar-refractivity contribution < 1.29 is 4.48 Å². The summed E-state index contributed by atoms with van der Waals surface area (Å²) in [6.45, 7) is 6.11. The minimum Gasteiger partial charge on any atom is -0.322 e. The molecule has 0 saturated carbocycles. The van der Waals surface area contributed by atoms with E-state index in [9.17, 15) is 4.79 Å². The number of benzene rings is 1. The van der Waals surface area contributed by atoms with Gasteiger partial charge in [0.05, 0.1) is 19.1 Å². The van der Waals surface area contributed by atoms with Crippen LogP contribution in [0.1, 0.15) is 61.6 Å². The molecule has 2 aliphatic heterocycles. The van der Waals surface area contributed by atoms with Gasteiger partial charge < -0.3 is 14.8 Å². The van der Waals surface area contributed by atoms with E-state index in [1.807, 2.05) is 0 Å². The highest BCUT2D eigenvalue weighted by Gasteiger charge is 2.38. The summed E-state index contributed by atoms with van der Waals surface area (Å²) >= 11 is 0. The molecule has 1 aliphatic carbocycles. The van der Waals surface area contributed by atoms with Crippen LogP contribution in [0.2, 0.25) is 0 Å². The summed E-state index contributed by atoms with van der Waals surface area (Å²) < 4.78 is 1.27. The van der Waals surface area contributed by atoms with Gasteiger partial charge in [0.25, 0.3) is 5.56 Å². The van der Waals surface area contributed by atoms with E-state index in [-0.39, 0.29) is 30.4 Å². The maximum absolute atomic E-state index is 12.6. The first-order chi connectivity index (χ1) is 13.8. The second-order valence-electron chi connectivity index (χ2n) is 9.36. The number of piperidine rings is 2. The fourth-order valence-corrected chi connectivity index (χ4v) is 6.22. The number of hydrogen-bond acceptors (Lipinski definition) is 2. The SMILES string of the molecule is Cl.Cl.O=c1[nH]c2cc(C[N+]3(C4CCNCC4)CCCCC3)ccc2c2c1CCCC2. The van der Waals surface area contributed by atoms with Crippen molar-refractivity contribution in [2.75, 3.05) is 26.2 Å². The molecule has 2 saturated heterocycles. The van der Waals surface area contributed by atoms with E-state index in [4.69, 9.17) is 0 Å². The number of fused-ring (bicyclic) bond motifs is 3. The van der Waals surface area contributed by atoms with Gasteiger partial charge in [-0.05, 0) is 56.6 Å². The first-order valence-electron chi connectivity index (χ1n) is 11.5. The zero-order chi connectivity index (χ0) is 19.0. The van der Waals surface area contributed by atoms with Gasteiger partial charge in [-0.2, -0.15) is 0 Å². The average molecular weight is 453 g/mol. The number of quaternary nitrogens is 1. The third-order valence-electron chi connectivity index (χ3n) is 7.69. The second-order valence-corrected chi connectivity index (χ2v) is 9.36. The van der Waals surface area contributed by atoms with E-state index in [0.717, 1.165) is 42.9 Å². The van der Waals surface area contributed by atoms with Gasteiger partial charge in [-0.15, -0.1) is 24.8 Å². The lowest BCUT2D eigenvalue weighted by atomic mass is 9.89. The number of hydrogen-bond donors (Lipinski definition) is 2. The van der Waals surface area contributed by atoms with Crippen LogP contribution in [0.3, 0.4) is 0 Å². The monoisotopic (exact) mass is 452 g/mol. The summed E-state index contributed by atoms with van der Waals surface area (Å²) in [6.07, 6.45) is 11.1. The van der Waals surface area contributed by atoms with Gasteiger partial charge in [0, 0.05) is 48.0 Å². The Morgan fingerprint density at radius 1 is 0.900 bits per heavy atom. The lowest BCUT2D eigenvalue weighted by Crippen LogP contribution is -2.59. The number of aromatic nitrogens is 1. The van der Waals surface area contributed by atoms with E-state index in [1.165, 1.54) is 85.7 Å². The van der Waals surface area contributed by atoms with Crippen molar-refractivity contribution in [1.29, 1.82) is 0 Å². The Labute approximate surface area is 192 Å². The number of likely N-dealkylation sites (tertiary alicyclic amines) is 1. The normalized spacial score (nSPS) is 21.3. The summed E-state index contributed by atoms with van der Waals surface area (Å²) in [5.74, 6) is 0. The van der Waals surface area contributed by atoms with Crippen LogP contribution in [0.25, 0.3) is 10.9 Å². The van der Waals surface area contributed by atoms with E-state index in [1.54, 1.807) is 0 Å². The van der Waals surface area contributed by atoms with Crippen molar-refractivity contribution >= 4 is 35.7 Å². The lowest BCUT2D eigenvalue weighted by Gasteiger charge is -2.49. The van der Waals surface area contributed by atoms with E-state index in [0.29, 0.717) is 0 Å². The molecule has 3 aliphatic rings. The molecule has 3 heterocycles. The predicted molar refractivity (Wildman–Crippen MR) is 129 cm³/mol. The van der Waals surface area contributed by atoms with Crippen LogP contribution in [0, 0.1) is 0 Å². The summed E-state index contributed by atoms with van der Waals surface area (Å²) in [5.41, 5.74) is 4.97. The molecule has 0 amide bonds. The van der Waals surface area contributed by atoms with Crippen LogP contribution in [0.15, 0.2) is 23.0 Å². The summed E-state index contributed by atoms with van der Waals surface area (Å²) in [5, 5.41) is 4.83. The molecule has 166 valence electrons. The lowest BCUT2D eigenvalue weighted by molar-refractivity contribution is -0.968. The maximum Gasteiger partial charge on any atom is 0.251 e. The number of halogens is 2. The molecular weight excluding hydrogens is 417 g/mol. The molecule has 30 heavy (non-hydrogen) atoms. The Kier molecular flexibility index (Phi) is 7.89. The maximum atomic E-state index is 12.6. The fourth-order valence-electron chi connectivity index (χ4n) is 6.22. The topological polar surface area (TPSA) is 44.9 Å². The molecule has 2 N–H and O–H groups in total. The summed E-state index contributed by atoms with van der Waals surface area (Å²) in [7, 11) is 0. The summed E-state index contributed by atoms with van der Waals surface area (Å²) in [4.78, 5) is 15.8. The molecule has 4 nitrogen and oxygen atoms in total. The molecule has 5 rings (SSSR count). The van der Waals surface area contributed by atoms with E-state index in [2.05, 4.69) is 28.5 Å². The Bertz CT molecular complexity index is 915. The predicted octanol–water partition coefficient (Wildman–Crippen LogP) is 4.50. The van der Waals surface area contributed by atoms with Gasteiger partial charge in [0.15, 0.2) is 0 Å². The first-order valence-corrected chi connectivity index (χ1v) is 11.5. The van der Waals surface area contributed by atoms with Gasteiger partial charge in [-0.1, -0.05) is 12.1 Å². The number of rotatable bonds is 3. The van der Waals surface area contributed by atoms with Crippen LogP contribution >= 0.6 is 24.8 Å². The van der Waals surface area contributed by atoms with Crippen molar-refractivity contribution in [3.05, 3.63) is 45.2 Å². The zero-order valence-corrected chi connectivity index (χ0v) is 19.5. The van der Waals surface area contributed by atoms with Crippen molar-refractivity contribution in [3.63, 3.8) is 0 Å². The molecule has 2 aromatic rings. The quantitative estimate of drug-likeness (QED) is 0.672. The minimum atomic E-state index is 0. The minimum absolute atomic E-state index is 0. The molecule has 6 heteroatoms.